The molecule has 2 aromatic heterocycles. The summed E-state index contributed by atoms with van der Waals surface area (Å²) in [5.74, 6) is 1.76. The molecule has 0 aliphatic heterocycles. The maximum atomic E-state index is 12.5. The van der Waals surface area contributed by atoms with Gasteiger partial charge in [0.05, 0.1) is 29.2 Å². The highest BCUT2D eigenvalue weighted by molar-refractivity contribution is 5.78. The van der Waals surface area contributed by atoms with E-state index in [1.807, 2.05) is 36.7 Å². The molecule has 0 bridgehead atoms. The van der Waals surface area contributed by atoms with Crippen LogP contribution in [0.25, 0.3) is 11.0 Å². The average molecular weight is 381 g/mol. The zero-order valence-electron chi connectivity index (χ0n) is 16.4. The third kappa shape index (κ3) is 3.80. The van der Waals surface area contributed by atoms with E-state index < -0.39 is 6.10 Å². The van der Waals surface area contributed by atoms with E-state index in [0.717, 1.165) is 47.5 Å². The van der Waals surface area contributed by atoms with E-state index in [0.29, 0.717) is 12.8 Å². The predicted octanol–water partition coefficient (Wildman–Crippen LogP) is 2.58. The Bertz CT molecular complexity index is 976. The molecule has 7 nitrogen and oxygen atoms in total. The summed E-state index contributed by atoms with van der Waals surface area (Å²) in [6, 6.07) is 5.80. The predicted molar refractivity (Wildman–Crippen MR) is 107 cm³/mol. The van der Waals surface area contributed by atoms with Crippen LogP contribution in [0.2, 0.25) is 0 Å². The van der Waals surface area contributed by atoms with Crippen LogP contribution in [-0.2, 0) is 11.2 Å². The molecule has 0 unspecified atom stereocenters. The number of aliphatic hydroxyl groups excluding tert-OH is 1. The second-order valence-electron chi connectivity index (χ2n) is 7.72. The topological polar surface area (TPSA) is 95.8 Å². The van der Waals surface area contributed by atoms with Crippen molar-refractivity contribution in [2.24, 2.45) is 0 Å². The molecular formula is C21H27N5O2. The molecule has 2 heterocycles. The molecule has 1 aliphatic carbocycles. The molecule has 1 fully saturated rings. The van der Waals surface area contributed by atoms with Crippen LogP contribution in [0.3, 0.4) is 0 Å². The lowest BCUT2D eigenvalue weighted by atomic mass is 9.87. The fourth-order valence-electron chi connectivity index (χ4n) is 4.23. The summed E-state index contributed by atoms with van der Waals surface area (Å²) >= 11 is 0. The van der Waals surface area contributed by atoms with Crippen molar-refractivity contribution < 1.29 is 9.90 Å². The number of aliphatic hydroxyl groups is 1. The number of carbonyl (C=O) groups is 1. The van der Waals surface area contributed by atoms with E-state index >= 15 is 0 Å². The van der Waals surface area contributed by atoms with E-state index in [9.17, 15) is 9.90 Å². The zero-order chi connectivity index (χ0) is 19.7. The smallest absolute Gasteiger partial charge is 0.220 e. The summed E-state index contributed by atoms with van der Waals surface area (Å²) in [6.45, 7) is 3.87. The maximum absolute atomic E-state index is 12.5. The van der Waals surface area contributed by atoms with Crippen molar-refractivity contribution in [2.45, 2.75) is 64.1 Å². The molecule has 4 rings (SSSR count). The molecule has 1 saturated carbocycles. The molecule has 3 aromatic rings. The number of H-pyrrole nitrogens is 1. The van der Waals surface area contributed by atoms with E-state index in [-0.39, 0.29) is 18.0 Å². The van der Waals surface area contributed by atoms with Crippen LogP contribution >= 0.6 is 0 Å². The quantitative estimate of drug-likeness (QED) is 0.633. The minimum Gasteiger partial charge on any atom is -0.389 e. The molecule has 148 valence electrons. The van der Waals surface area contributed by atoms with Gasteiger partial charge >= 0.3 is 0 Å². The number of hydrogen-bond donors (Lipinski definition) is 3. The summed E-state index contributed by atoms with van der Waals surface area (Å²) in [5, 5.41) is 13.9. The standard InChI is InChI=1S/C21H27N5O2/c1-13-23-16-8-6-15(12-18(16)24-13)7-9-20(27)25-17-4-3-5-19(21(17)28)26-11-10-22-14(26)2/h6,8,10-12,17,19,21,28H,3-5,7,9H2,1-2H3,(H,23,24)(H,25,27)/t17-,19-,21-/m1/s1. The van der Waals surface area contributed by atoms with Crippen molar-refractivity contribution in [3.05, 3.63) is 47.8 Å². The Morgan fingerprint density at radius 1 is 1.36 bits per heavy atom. The van der Waals surface area contributed by atoms with Crippen LogP contribution in [0.5, 0.6) is 0 Å². The van der Waals surface area contributed by atoms with Crippen molar-refractivity contribution >= 4 is 16.9 Å². The molecule has 0 saturated heterocycles. The number of carbonyl (C=O) groups excluding carboxylic acids is 1. The van der Waals surface area contributed by atoms with Gasteiger partial charge < -0.3 is 20.0 Å². The summed E-state index contributed by atoms with van der Waals surface area (Å²) in [7, 11) is 0. The number of imidazole rings is 2. The van der Waals surface area contributed by atoms with Crippen molar-refractivity contribution in [3.63, 3.8) is 0 Å². The van der Waals surface area contributed by atoms with Gasteiger partial charge in [-0.25, -0.2) is 9.97 Å². The number of benzene rings is 1. The fraction of sp³-hybridized carbons (Fsp3) is 0.476. The van der Waals surface area contributed by atoms with Crippen molar-refractivity contribution in [3.8, 4) is 0 Å². The summed E-state index contributed by atoms with van der Waals surface area (Å²) in [6.07, 6.45) is 6.78. The van der Waals surface area contributed by atoms with Crippen LogP contribution in [0, 0.1) is 13.8 Å². The monoisotopic (exact) mass is 381 g/mol. The van der Waals surface area contributed by atoms with Gasteiger partial charge in [0.25, 0.3) is 0 Å². The SMILES string of the molecule is Cc1nc2ccc(CCC(=O)N[C@@H]3CCC[C@@H](n4ccnc4C)[C@@H]3O)cc2[nH]1. The van der Waals surface area contributed by atoms with Crippen LogP contribution in [-0.4, -0.2) is 42.7 Å². The van der Waals surface area contributed by atoms with Crippen LogP contribution in [0.15, 0.2) is 30.6 Å². The molecule has 3 N–H and O–H groups in total. The summed E-state index contributed by atoms with van der Waals surface area (Å²) < 4.78 is 2.02. The highest BCUT2D eigenvalue weighted by Crippen LogP contribution is 2.30. The Kier molecular flexibility index (Phi) is 5.17. The first-order valence-corrected chi connectivity index (χ1v) is 9.93. The van der Waals surface area contributed by atoms with Gasteiger partial charge in [-0.05, 0) is 57.2 Å². The maximum Gasteiger partial charge on any atom is 0.220 e. The van der Waals surface area contributed by atoms with Gasteiger partial charge in [0, 0.05) is 18.8 Å². The van der Waals surface area contributed by atoms with Gasteiger partial charge in [0.2, 0.25) is 5.91 Å². The number of nitrogens with zero attached hydrogens (tertiary/aromatic N) is 3. The first kappa shape index (κ1) is 18.7. The molecule has 1 aliphatic rings. The van der Waals surface area contributed by atoms with Crippen LogP contribution in [0.1, 0.15) is 48.9 Å². The number of hydrogen-bond acceptors (Lipinski definition) is 4. The number of aromatic amines is 1. The Morgan fingerprint density at radius 2 is 2.21 bits per heavy atom. The largest absolute Gasteiger partial charge is 0.389 e. The first-order chi connectivity index (χ1) is 13.5. The number of fused-ring (bicyclic) bond motifs is 1. The first-order valence-electron chi connectivity index (χ1n) is 9.93. The lowest BCUT2D eigenvalue weighted by molar-refractivity contribution is -0.123. The molecule has 0 radical (unpaired) electrons. The Hall–Kier alpha value is -2.67. The summed E-state index contributed by atoms with van der Waals surface area (Å²) in [5.41, 5.74) is 3.04. The van der Waals surface area contributed by atoms with E-state index in [4.69, 9.17) is 0 Å². The van der Waals surface area contributed by atoms with Gasteiger partial charge in [-0.15, -0.1) is 0 Å². The summed E-state index contributed by atoms with van der Waals surface area (Å²) in [4.78, 5) is 24.4. The number of nitrogens with one attached hydrogen (secondary N) is 2. The molecule has 0 spiro atoms. The highest BCUT2D eigenvalue weighted by Gasteiger charge is 2.34. The molecule has 1 aromatic carbocycles. The molecular weight excluding hydrogens is 354 g/mol. The van der Waals surface area contributed by atoms with Crippen LogP contribution in [0.4, 0.5) is 0 Å². The second kappa shape index (κ2) is 7.75. The average Bonchev–Trinajstić information content (AvgIpc) is 3.25. The van der Waals surface area contributed by atoms with Gasteiger partial charge in [-0.3, -0.25) is 4.79 Å². The lowest BCUT2D eigenvalue weighted by Crippen LogP contribution is -2.49. The van der Waals surface area contributed by atoms with Crippen molar-refractivity contribution in [1.29, 1.82) is 0 Å². The number of aromatic nitrogens is 4. The van der Waals surface area contributed by atoms with Gasteiger partial charge in [-0.2, -0.15) is 0 Å². The Balaban J connectivity index is 1.35. The zero-order valence-corrected chi connectivity index (χ0v) is 16.4. The number of rotatable bonds is 5. The molecule has 28 heavy (non-hydrogen) atoms. The minimum atomic E-state index is -0.602. The van der Waals surface area contributed by atoms with Crippen LogP contribution < -0.4 is 5.32 Å². The molecule has 1 amide bonds. The third-order valence-electron chi connectivity index (χ3n) is 5.69. The molecule has 3 atom stereocenters. The highest BCUT2D eigenvalue weighted by atomic mass is 16.3. The van der Waals surface area contributed by atoms with E-state index in [1.54, 1.807) is 6.20 Å². The van der Waals surface area contributed by atoms with Crippen molar-refractivity contribution in [2.75, 3.05) is 0 Å². The normalized spacial score (nSPS) is 22.5. The minimum absolute atomic E-state index is 0.0204. The second-order valence-corrected chi connectivity index (χ2v) is 7.72. The Labute approximate surface area is 164 Å². The number of aryl methyl sites for hydroxylation is 3. The lowest BCUT2D eigenvalue weighted by Gasteiger charge is -2.36. The fourth-order valence-corrected chi connectivity index (χ4v) is 4.23. The van der Waals surface area contributed by atoms with E-state index in [2.05, 4.69) is 26.3 Å². The van der Waals surface area contributed by atoms with Gasteiger partial charge in [0.15, 0.2) is 0 Å². The van der Waals surface area contributed by atoms with Crippen molar-refractivity contribution in [1.82, 2.24) is 24.8 Å². The Morgan fingerprint density at radius 3 is 3.00 bits per heavy atom. The number of amides is 1. The third-order valence-corrected chi connectivity index (χ3v) is 5.69. The van der Waals surface area contributed by atoms with Gasteiger partial charge in [0.1, 0.15) is 11.6 Å². The molecule has 7 heteroatoms. The van der Waals surface area contributed by atoms with Gasteiger partial charge in [-0.1, -0.05) is 6.07 Å². The van der Waals surface area contributed by atoms with E-state index in [1.165, 1.54) is 0 Å².